The van der Waals surface area contributed by atoms with Crippen LogP contribution in [0.2, 0.25) is 0 Å². The third-order valence-corrected chi connectivity index (χ3v) is 7.76. The molecular formula is C30H40N2O3. The molecule has 1 saturated carbocycles. The van der Waals surface area contributed by atoms with Gasteiger partial charge in [-0.2, -0.15) is 0 Å². The Bertz CT molecular complexity index is 943. The second-order valence-electron chi connectivity index (χ2n) is 10.6. The number of hydrogen-bond donors (Lipinski definition) is 0. The van der Waals surface area contributed by atoms with Gasteiger partial charge in [-0.3, -0.25) is 9.59 Å². The molecular weight excluding hydrogens is 436 g/mol. The quantitative estimate of drug-likeness (QED) is 0.442. The van der Waals surface area contributed by atoms with Crippen LogP contribution >= 0.6 is 0 Å². The number of hydrogen-bond acceptors (Lipinski definition) is 3. The van der Waals surface area contributed by atoms with E-state index in [-0.39, 0.29) is 17.2 Å². The summed E-state index contributed by atoms with van der Waals surface area (Å²) in [7, 11) is 1.87. The van der Waals surface area contributed by atoms with E-state index in [1.165, 1.54) is 25.7 Å². The maximum atomic E-state index is 13.4. The Kier molecular flexibility index (Phi) is 8.84. The number of nitrogens with zero attached hydrogens (tertiary/aromatic N) is 2. The van der Waals surface area contributed by atoms with Gasteiger partial charge in [-0.25, -0.2) is 0 Å². The van der Waals surface area contributed by atoms with E-state index in [1.807, 2.05) is 72.6 Å². The zero-order valence-electron chi connectivity index (χ0n) is 21.2. The highest BCUT2D eigenvalue weighted by atomic mass is 16.5. The van der Waals surface area contributed by atoms with Crippen molar-refractivity contribution in [3.63, 3.8) is 0 Å². The van der Waals surface area contributed by atoms with Crippen LogP contribution in [0.25, 0.3) is 0 Å². The van der Waals surface area contributed by atoms with Crippen LogP contribution in [0.3, 0.4) is 0 Å². The zero-order valence-corrected chi connectivity index (χ0v) is 21.2. The van der Waals surface area contributed by atoms with E-state index in [2.05, 4.69) is 0 Å². The van der Waals surface area contributed by atoms with Gasteiger partial charge in [0.05, 0.1) is 6.61 Å². The van der Waals surface area contributed by atoms with E-state index in [0.717, 1.165) is 37.1 Å². The lowest BCUT2D eigenvalue weighted by atomic mass is 9.77. The molecule has 1 saturated heterocycles. The summed E-state index contributed by atoms with van der Waals surface area (Å²) in [6, 6.07) is 19.9. The van der Waals surface area contributed by atoms with Crippen LogP contribution in [0.5, 0.6) is 5.75 Å². The van der Waals surface area contributed by atoms with E-state index in [4.69, 9.17) is 4.74 Å². The van der Waals surface area contributed by atoms with Crippen molar-refractivity contribution in [1.29, 1.82) is 0 Å². The summed E-state index contributed by atoms with van der Waals surface area (Å²) >= 11 is 0. The van der Waals surface area contributed by atoms with Crippen molar-refractivity contribution in [3.8, 4) is 5.75 Å². The molecule has 2 aromatic rings. The Morgan fingerprint density at radius 3 is 2.40 bits per heavy atom. The number of amides is 2. The second kappa shape index (κ2) is 12.2. The molecule has 188 valence electrons. The van der Waals surface area contributed by atoms with Crippen molar-refractivity contribution in [3.05, 3.63) is 66.2 Å². The molecule has 0 radical (unpaired) electrons. The Hall–Kier alpha value is -2.82. The topological polar surface area (TPSA) is 49.9 Å². The van der Waals surface area contributed by atoms with E-state index in [1.54, 1.807) is 4.90 Å². The van der Waals surface area contributed by atoms with Crippen LogP contribution in [-0.4, -0.2) is 48.4 Å². The number of carbonyl (C=O) groups is 2. The van der Waals surface area contributed by atoms with Gasteiger partial charge in [0.2, 0.25) is 11.8 Å². The van der Waals surface area contributed by atoms with Crippen molar-refractivity contribution in [1.82, 2.24) is 9.80 Å². The molecule has 2 aromatic carbocycles. The molecule has 0 aromatic heterocycles. The molecule has 0 bridgehead atoms. The van der Waals surface area contributed by atoms with Gasteiger partial charge in [0.25, 0.3) is 0 Å². The van der Waals surface area contributed by atoms with Gasteiger partial charge < -0.3 is 14.5 Å². The molecule has 1 atom stereocenters. The Morgan fingerprint density at radius 1 is 1.00 bits per heavy atom. The molecule has 4 rings (SSSR count). The minimum absolute atomic E-state index is 0.103. The average Bonchev–Trinajstić information content (AvgIpc) is 3.41. The molecule has 1 aliphatic carbocycles. The van der Waals surface area contributed by atoms with Crippen molar-refractivity contribution < 1.29 is 14.3 Å². The predicted octanol–water partition coefficient (Wildman–Crippen LogP) is 5.69. The molecule has 1 heterocycles. The number of ether oxygens (including phenoxy) is 1. The third-order valence-electron chi connectivity index (χ3n) is 7.76. The summed E-state index contributed by atoms with van der Waals surface area (Å²) in [5, 5.41) is 0. The van der Waals surface area contributed by atoms with Gasteiger partial charge in [0.15, 0.2) is 0 Å². The highest BCUT2D eigenvalue weighted by molar-refractivity contribution is 5.78. The number of rotatable bonds is 10. The summed E-state index contributed by atoms with van der Waals surface area (Å²) in [6.07, 6.45) is 8.95. The lowest BCUT2D eigenvalue weighted by Gasteiger charge is -2.43. The van der Waals surface area contributed by atoms with E-state index < -0.39 is 0 Å². The summed E-state index contributed by atoms with van der Waals surface area (Å²) in [4.78, 5) is 30.4. The van der Waals surface area contributed by atoms with Crippen molar-refractivity contribution in [2.24, 2.45) is 11.3 Å². The molecule has 2 amide bonds. The van der Waals surface area contributed by atoms with Gasteiger partial charge >= 0.3 is 0 Å². The van der Waals surface area contributed by atoms with Crippen molar-refractivity contribution >= 4 is 11.8 Å². The normalized spacial score (nSPS) is 20.5. The summed E-state index contributed by atoms with van der Waals surface area (Å²) in [5.41, 5.74) is 0.740. The molecule has 0 N–H and O–H groups in total. The average molecular weight is 477 g/mol. The molecule has 5 nitrogen and oxygen atoms in total. The van der Waals surface area contributed by atoms with Crippen LogP contribution in [0.1, 0.15) is 63.4 Å². The standard InChI is InChI=1S/C30H40N2O3/c1-31(22-26-13-4-2-5-14-26)29(34)21-30(24-35-27-15-6-3-7-16-27)19-10-20-32(23-30)28(33)18-17-25-11-8-9-12-25/h2-7,13-16,25H,8-12,17-24H2,1H3/t30-/m1/s1. The van der Waals surface area contributed by atoms with Crippen LogP contribution in [0, 0.1) is 11.3 Å². The number of benzene rings is 2. The summed E-state index contributed by atoms with van der Waals surface area (Å²) in [6.45, 7) is 2.40. The lowest BCUT2D eigenvalue weighted by molar-refractivity contribution is -0.141. The lowest BCUT2D eigenvalue weighted by Crippen LogP contribution is -2.50. The zero-order chi connectivity index (χ0) is 24.5. The molecule has 0 unspecified atom stereocenters. The summed E-state index contributed by atoms with van der Waals surface area (Å²) in [5.74, 6) is 1.86. The van der Waals surface area contributed by atoms with Crippen LogP contribution in [-0.2, 0) is 16.1 Å². The fourth-order valence-electron chi connectivity index (χ4n) is 5.67. The number of para-hydroxylation sites is 1. The smallest absolute Gasteiger partial charge is 0.223 e. The van der Waals surface area contributed by atoms with Gasteiger partial charge in [-0.15, -0.1) is 0 Å². The Labute approximate surface area is 210 Å². The van der Waals surface area contributed by atoms with Crippen molar-refractivity contribution in [2.45, 2.75) is 64.3 Å². The maximum Gasteiger partial charge on any atom is 0.223 e. The largest absolute Gasteiger partial charge is 0.493 e. The first kappa shape index (κ1) is 25.3. The van der Waals surface area contributed by atoms with Gasteiger partial charge in [0.1, 0.15) is 5.75 Å². The number of carbonyl (C=O) groups excluding carboxylic acids is 2. The minimum atomic E-state index is -0.376. The molecule has 2 fully saturated rings. The van der Waals surface area contributed by atoms with E-state index >= 15 is 0 Å². The summed E-state index contributed by atoms with van der Waals surface area (Å²) < 4.78 is 6.21. The first-order valence-electron chi connectivity index (χ1n) is 13.3. The monoisotopic (exact) mass is 476 g/mol. The van der Waals surface area contributed by atoms with Gasteiger partial charge in [0, 0.05) is 44.9 Å². The Morgan fingerprint density at radius 2 is 1.69 bits per heavy atom. The molecule has 35 heavy (non-hydrogen) atoms. The Balaban J connectivity index is 1.42. The van der Waals surface area contributed by atoms with Crippen LogP contribution in [0.15, 0.2) is 60.7 Å². The fourth-order valence-corrected chi connectivity index (χ4v) is 5.67. The third kappa shape index (κ3) is 7.33. The maximum absolute atomic E-state index is 13.4. The minimum Gasteiger partial charge on any atom is -0.493 e. The highest BCUT2D eigenvalue weighted by Gasteiger charge is 2.40. The second-order valence-corrected chi connectivity index (χ2v) is 10.6. The fraction of sp³-hybridized carbons (Fsp3) is 0.533. The molecule has 0 spiro atoms. The van der Waals surface area contributed by atoms with Crippen LogP contribution < -0.4 is 4.74 Å². The number of likely N-dealkylation sites (tertiary alicyclic amines) is 1. The van der Waals surface area contributed by atoms with Gasteiger partial charge in [-0.05, 0) is 42.9 Å². The van der Waals surface area contributed by atoms with E-state index in [9.17, 15) is 9.59 Å². The highest BCUT2D eigenvalue weighted by Crippen LogP contribution is 2.36. The molecule has 5 heteroatoms. The first-order chi connectivity index (χ1) is 17.0. The molecule has 2 aliphatic rings. The SMILES string of the molecule is CN(Cc1ccccc1)C(=O)C[C@]1(COc2ccccc2)CCCN(C(=O)CCC2CCCC2)C1. The van der Waals surface area contributed by atoms with Crippen LogP contribution in [0.4, 0.5) is 0 Å². The van der Waals surface area contributed by atoms with Crippen molar-refractivity contribution in [2.75, 3.05) is 26.7 Å². The predicted molar refractivity (Wildman–Crippen MR) is 139 cm³/mol. The number of piperidine rings is 1. The first-order valence-corrected chi connectivity index (χ1v) is 13.3. The van der Waals surface area contributed by atoms with Gasteiger partial charge in [-0.1, -0.05) is 74.2 Å². The van der Waals surface area contributed by atoms with E-state index in [0.29, 0.717) is 38.5 Å². The molecule has 1 aliphatic heterocycles.